The SMILES string of the molecule is COc1ccc(Br)c(NCC2(CC(N)=NO)CC2)c1. The highest BCUT2D eigenvalue weighted by Crippen LogP contribution is 2.49. The molecule has 0 unspecified atom stereocenters. The van der Waals surface area contributed by atoms with Gasteiger partial charge in [0, 0.05) is 23.5 Å². The first-order valence-corrected chi connectivity index (χ1v) is 6.92. The molecular formula is C13H18BrN3O2. The first-order chi connectivity index (χ1) is 9.08. The Labute approximate surface area is 120 Å². The lowest BCUT2D eigenvalue weighted by molar-refractivity contribution is 0.315. The van der Waals surface area contributed by atoms with E-state index in [4.69, 9.17) is 15.7 Å². The fourth-order valence-corrected chi connectivity index (χ4v) is 2.45. The molecule has 1 aromatic rings. The van der Waals surface area contributed by atoms with Crippen LogP contribution in [0.25, 0.3) is 0 Å². The summed E-state index contributed by atoms with van der Waals surface area (Å²) in [7, 11) is 1.65. The van der Waals surface area contributed by atoms with Crippen LogP contribution in [0.4, 0.5) is 5.69 Å². The standard InChI is InChI=1S/C13H18BrN3O2/c1-19-9-2-3-10(14)11(6-9)16-8-13(4-5-13)7-12(15)17-18/h2-3,6,16,18H,4-5,7-8H2,1H3,(H2,15,17). The number of hydrogen-bond donors (Lipinski definition) is 3. The smallest absolute Gasteiger partial charge is 0.139 e. The number of ether oxygens (including phenoxy) is 1. The zero-order valence-corrected chi connectivity index (χ0v) is 12.4. The normalized spacial score (nSPS) is 17.1. The van der Waals surface area contributed by atoms with Crippen LogP contribution in [0, 0.1) is 5.41 Å². The van der Waals surface area contributed by atoms with E-state index in [0.717, 1.165) is 35.3 Å². The second-order valence-electron chi connectivity index (χ2n) is 4.97. The average molecular weight is 328 g/mol. The molecule has 0 amide bonds. The van der Waals surface area contributed by atoms with Crippen molar-refractivity contribution in [3.05, 3.63) is 22.7 Å². The minimum Gasteiger partial charge on any atom is -0.497 e. The van der Waals surface area contributed by atoms with Gasteiger partial charge < -0.3 is 21.0 Å². The molecule has 2 rings (SSSR count). The first kappa shape index (κ1) is 14.0. The molecule has 5 nitrogen and oxygen atoms in total. The quantitative estimate of drug-likeness (QED) is 0.325. The topological polar surface area (TPSA) is 79.9 Å². The van der Waals surface area contributed by atoms with Crippen LogP contribution in [0.5, 0.6) is 5.75 Å². The second-order valence-corrected chi connectivity index (χ2v) is 5.82. The Morgan fingerprint density at radius 2 is 2.32 bits per heavy atom. The van der Waals surface area contributed by atoms with Gasteiger partial charge in [-0.2, -0.15) is 0 Å². The van der Waals surface area contributed by atoms with Crippen LogP contribution >= 0.6 is 15.9 Å². The molecule has 0 saturated heterocycles. The Balaban J connectivity index is 1.99. The molecule has 1 aliphatic carbocycles. The largest absolute Gasteiger partial charge is 0.497 e. The van der Waals surface area contributed by atoms with E-state index < -0.39 is 0 Å². The van der Waals surface area contributed by atoms with Crippen molar-refractivity contribution < 1.29 is 9.94 Å². The number of nitrogens with zero attached hydrogens (tertiary/aromatic N) is 1. The minimum absolute atomic E-state index is 0.124. The number of hydrogen-bond acceptors (Lipinski definition) is 4. The van der Waals surface area contributed by atoms with E-state index in [1.54, 1.807) is 7.11 Å². The van der Waals surface area contributed by atoms with Crippen molar-refractivity contribution in [2.24, 2.45) is 16.3 Å². The van der Waals surface area contributed by atoms with Crippen molar-refractivity contribution in [3.63, 3.8) is 0 Å². The Bertz CT molecular complexity index is 487. The minimum atomic E-state index is 0.124. The Kier molecular flexibility index (Phi) is 4.19. The highest BCUT2D eigenvalue weighted by molar-refractivity contribution is 9.10. The Hall–Kier alpha value is -1.43. The van der Waals surface area contributed by atoms with E-state index in [-0.39, 0.29) is 5.41 Å². The van der Waals surface area contributed by atoms with Crippen LogP contribution < -0.4 is 15.8 Å². The van der Waals surface area contributed by atoms with Crippen molar-refractivity contribution in [2.75, 3.05) is 19.0 Å². The summed E-state index contributed by atoms with van der Waals surface area (Å²) in [4.78, 5) is 0. The molecular weight excluding hydrogens is 310 g/mol. The van der Waals surface area contributed by atoms with Gasteiger partial charge in [0.15, 0.2) is 0 Å². The summed E-state index contributed by atoms with van der Waals surface area (Å²) in [5, 5.41) is 15.1. The molecule has 1 saturated carbocycles. The molecule has 0 heterocycles. The fourth-order valence-electron chi connectivity index (χ4n) is 2.06. The van der Waals surface area contributed by atoms with Crippen molar-refractivity contribution >= 4 is 27.5 Å². The van der Waals surface area contributed by atoms with E-state index in [1.165, 1.54) is 0 Å². The lowest BCUT2D eigenvalue weighted by Crippen LogP contribution is -2.23. The molecule has 0 bridgehead atoms. The summed E-state index contributed by atoms with van der Waals surface area (Å²) in [5.74, 6) is 1.11. The number of oxime groups is 1. The molecule has 0 radical (unpaired) electrons. The number of nitrogens with one attached hydrogen (secondary N) is 1. The summed E-state index contributed by atoms with van der Waals surface area (Å²) < 4.78 is 6.20. The van der Waals surface area contributed by atoms with Gasteiger partial charge in [0.05, 0.1) is 12.8 Å². The van der Waals surface area contributed by atoms with Gasteiger partial charge in [-0.25, -0.2) is 0 Å². The van der Waals surface area contributed by atoms with Crippen molar-refractivity contribution in [1.82, 2.24) is 0 Å². The third-order valence-corrected chi connectivity index (χ3v) is 4.16. The summed E-state index contributed by atoms with van der Waals surface area (Å²) in [6, 6.07) is 5.80. The van der Waals surface area contributed by atoms with Crippen LogP contribution in [-0.4, -0.2) is 24.7 Å². The number of nitrogens with two attached hydrogens (primary N) is 1. The molecule has 0 atom stereocenters. The average Bonchev–Trinajstić information content (AvgIpc) is 3.18. The van der Waals surface area contributed by atoms with Crippen LogP contribution in [0.3, 0.4) is 0 Å². The fraction of sp³-hybridized carbons (Fsp3) is 0.462. The van der Waals surface area contributed by atoms with E-state index in [2.05, 4.69) is 26.4 Å². The summed E-state index contributed by atoms with van der Waals surface area (Å²) in [6.45, 7) is 0.801. The number of anilines is 1. The van der Waals surface area contributed by atoms with Gasteiger partial charge in [-0.15, -0.1) is 0 Å². The lowest BCUT2D eigenvalue weighted by Gasteiger charge is -2.17. The predicted molar refractivity (Wildman–Crippen MR) is 78.9 cm³/mol. The Morgan fingerprint density at radius 3 is 2.89 bits per heavy atom. The zero-order valence-electron chi connectivity index (χ0n) is 10.8. The Morgan fingerprint density at radius 1 is 1.58 bits per heavy atom. The van der Waals surface area contributed by atoms with Crippen molar-refractivity contribution in [1.29, 1.82) is 0 Å². The van der Waals surface area contributed by atoms with Crippen LogP contribution in [0.15, 0.2) is 27.8 Å². The van der Waals surface area contributed by atoms with E-state index in [9.17, 15) is 0 Å². The predicted octanol–water partition coefficient (Wildman–Crippen LogP) is 2.79. The maximum absolute atomic E-state index is 8.64. The van der Waals surface area contributed by atoms with Gasteiger partial charge in [-0.3, -0.25) is 0 Å². The van der Waals surface area contributed by atoms with Gasteiger partial charge in [0.25, 0.3) is 0 Å². The van der Waals surface area contributed by atoms with Crippen molar-refractivity contribution in [3.8, 4) is 5.75 Å². The number of benzene rings is 1. The second kappa shape index (κ2) is 5.69. The molecule has 19 heavy (non-hydrogen) atoms. The molecule has 0 spiro atoms. The van der Waals surface area contributed by atoms with Crippen molar-refractivity contribution in [2.45, 2.75) is 19.3 Å². The number of methoxy groups -OCH3 is 1. The molecule has 104 valence electrons. The molecule has 6 heteroatoms. The number of amidine groups is 1. The lowest BCUT2D eigenvalue weighted by atomic mass is 10.0. The third-order valence-electron chi connectivity index (χ3n) is 3.47. The van der Waals surface area contributed by atoms with Gasteiger partial charge in [-0.05, 0) is 46.3 Å². The molecule has 0 aliphatic heterocycles. The highest BCUT2D eigenvalue weighted by atomic mass is 79.9. The molecule has 1 fully saturated rings. The number of rotatable bonds is 6. The summed E-state index contributed by atoms with van der Waals surface area (Å²) >= 11 is 3.51. The zero-order chi connectivity index (χ0) is 13.9. The molecule has 1 aromatic carbocycles. The van der Waals surface area contributed by atoms with E-state index in [1.807, 2.05) is 18.2 Å². The van der Waals surface area contributed by atoms with Crippen LogP contribution in [0.1, 0.15) is 19.3 Å². The van der Waals surface area contributed by atoms with E-state index in [0.29, 0.717) is 12.3 Å². The summed E-state index contributed by atoms with van der Waals surface area (Å²) in [6.07, 6.45) is 2.81. The van der Waals surface area contributed by atoms with Gasteiger partial charge >= 0.3 is 0 Å². The van der Waals surface area contributed by atoms with Crippen LogP contribution in [0.2, 0.25) is 0 Å². The molecule has 0 aromatic heterocycles. The maximum Gasteiger partial charge on any atom is 0.139 e. The first-order valence-electron chi connectivity index (χ1n) is 6.12. The highest BCUT2D eigenvalue weighted by Gasteiger charge is 2.43. The third kappa shape index (κ3) is 3.53. The van der Waals surface area contributed by atoms with Crippen LogP contribution in [-0.2, 0) is 0 Å². The number of halogens is 1. The molecule has 1 aliphatic rings. The monoisotopic (exact) mass is 327 g/mol. The van der Waals surface area contributed by atoms with E-state index >= 15 is 0 Å². The van der Waals surface area contributed by atoms with Gasteiger partial charge in [0.2, 0.25) is 0 Å². The molecule has 4 N–H and O–H groups in total. The van der Waals surface area contributed by atoms with Gasteiger partial charge in [-0.1, -0.05) is 5.16 Å². The summed E-state index contributed by atoms with van der Waals surface area (Å²) in [5.41, 5.74) is 6.70. The maximum atomic E-state index is 8.64. The van der Waals surface area contributed by atoms with Gasteiger partial charge in [0.1, 0.15) is 11.6 Å².